The van der Waals surface area contributed by atoms with Crippen molar-refractivity contribution < 1.29 is 18.1 Å². The molecule has 0 aromatic heterocycles. The van der Waals surface area contributed by atoms with Crippen molar-refractivity contribution in [3.05, 3.63) is 0 Å². The largest absolute Gasteiger partial charge is 0.518 e. The molecular formula is C22H51NO4Si3. The van der Waals surface area contributed by atoms with Crippen LogP contribution in [-0.2, 0) is 18.1 Å². The van der Waals surface area contributed by atoms with Crippen LogP contribution in [0.1, 0.15) is 60.8 Å². The monoisotopic (exact) mass is 477 g/mol. The minimum Gasteiger partial charge on any atom is -0.518 e. The van der Waals surface area contributed by atoms with Crippen LogP contribution in [0.25, 0.3) is 0 Å². The number of hydrogen-bond donors (Lipinski definition) is 0. The van der Waals surface area contributed by atoms with Crippen molar-refractivity contribution >= 4 is 31.1 Å². The highest BCUT2D eigenvalue weighted by Crippen LogP contribution is 2.23. The first-order valence-electron chi connectivity index (χ1n) is 12.2. The van der Waals surface area contributed by atoms with Crippen LogP contribution in [0.5, 0.6) is 0 Å². The molecule has 5 nitrogen and oxygen atoms in total. The number of rotatable bonds is 17. The van der Waals surface area contributed by atoms with Gasteiger partial charge in [-0.1, -0.05) is 53.8 Å². The summed E-state index contributed by atoms with van der Waals surface area (Å²) in [5, 5.41) is 0. The van der Waals surface area contributed by atoms with Crippen molar-refractivity contribution in [2.45, 2.75) is 117 Å². The van der Waals surface area contributed by atoms with E-state index in [2.05, 4.69) is 72.3 Å². The smallest absolute Gasteiger partial charge is 0.335 e. The third-order valence-corrected chi connectivity index (χ3v) is 16.2. The highest BCUT2D eigenvalue weighted by atomic mass is 28.4. The van der Waals surface area contributed by atoms with Gasteiger partial charge in [0.25, 0.3) is 8.32 Å². The maximum absolute atomic E-state index is 12.8. The molecule has 30 heavy (non-hydrogen) atoms. The Morgan fingerprint density at radius 3 is 1.93 bits per heavy atom. The van der Waals surface area contributed by atoms with Crippen LogP contribution in [-0.4, -0.2) is 61.4 Å². The Kier molecular flexibility index (Phi) is 14.2. The van der Waals surface area contributed by atoms with Gasteiger partial charge in [0.15, 0.2) is 0 Å². The summed E-state index contributed by atoms with van der Waals surface area (Å²) < 4.78 is 20.9. The number of unbranched alkanes of at least 4 members (excludes halogenated alkanes) is 1. The maximum atomic E-state index is 12.8. The van der Waals surface area contributed by atoms with Gasteiger partial charge < -0.3 is 17.8 Å². The molecule has 0 aromatic rings. The number of carbonyl (C=O) groups excluding carboxylic acids is 1. The van der Waals surface area contributed by atoms with E-state index in [4.69, 9.17) is 13.3 Å². The average Bonchev–Trinajstić information content (AvgIpc) is 2.67. The van der Waals surface area contributed by atoms with Gasteiger partial charge in [-0.2, -0.15) is 0 Å². The van der Waals surface area contributed by atoms with Gasteiger partial charge >= 0.3 is 14.5 Å². The zero-order valence-corrected chi connectivity index (χ0v) is 24.7. The molecule has 0 N–H and O–H groups in total. The lowest BCUT2D eigenvalue weighted by atomic mass is 10.3. The van der Waals surface area contributed by atoms with E-state index in [9.17, 15) is 4.79 Å². The zero-order chi connectivity index (χ0) is 23.4. The van der Waals surface area contributed by atoms with E-state index in [1.165, 1.54) is 0 Å². The molecule has 0 heterocycles. The average molecular weight is 478 g/mol. The molecule has 0 rings (SSSR count). The Morgan fingerprint density at radius 1 is 0.933 bits per heavy atom. The molecule has 180 valence electrons. The fourth-order valence-electron chi connectivity index (χ4n) is 3.78. The van der Waals surface area contributed by atoms with E-state index in [1.54, 1.807) is 0 Å². The van der Waals surface area contributed by atoms with Gasteiger partial charge in [-0.25, -0.2) is 0 Å². The first-order chi connectivity index (χ1) is 13.9. The van der Waals surface area contributed by atoms with Crippen LogP contribution >= 0.6 is 0 Å². The van der Waals surface area contributed by atoms with Gasteiger partial charge in [-0.05, 0) is 64.0 Å². The highest BCUT2D eigenvalue weighted by Gasteiger charge is 2.35. The maximum Gasteiger partial charge on any atom is 0.335 e. The topological polar surface area (TPSA) is 48.0 Å². The molecule has 0 aromatic carbocycles. The van der Waals surface area contributed by atoms with E-state index >= 15 is 0 Å². The second kappa shape index (κ2) is 14.2. The van der Waals surface area contributed by atoms with Crippen LogP contribution in [0, 0.1) is 0 Å². The van der Waals surface area contributed by atoms with Crippen molar-refractivity contribution in [2.75, 3.05) is 19.7 Å². The van der Waals surface area contributed by atoms with Crippen LogP contribution in [0.2, 0.25) is 50.4 Å². The SMILES string of the molecule is CCO[Si](C)(CCCCN(CC(=O)O[Si](CC)(CC)CC)[Si](C)(C)C)OC(C)CC. The second-order valence-corrected chi connectivity index (χ2v) is 22.6. The first kappa shape index (κ1) is 30.0. The highest BCUT2D eigenvalue weighted by molar-refractivity contribution is 6.75. The number of carbonyl (C=O) groups is 1. The molecule has 0 saturated heterocycles. The summed E-state index contributed by atoms with van der Waals surface area (Å²) in [4.78, 5) is 12.8. The molecule has 0 fully saturated rings. The molecule has 0 aliphatic carbocycles. The molecule has 2 atom stereocenters. The number of hydrogen-bond acceptors (Lipinski definition) is 5. The lowest BCUT2D eigenvalue weighted by Gasteiger charge is -2.35. The summed E-state index contributed by atoms with van der Waals surface area (Å²) in [7, 11) is -5.61. The van der Waals surface area contributed by atoms with E-state index < -0.39 is 25.1 Å². The van der Waals surface area contributed by atoms with Gasteiger partial charge in [-0.15, -0.1) is 0 Å². The normalized spacial score (nSPS) is 15.8. The molecule has 0 aliphatic rings. The van der Waals surface area contributed by atoms with Crippen LogP contribution < -0.4 is 0 Å². The minimum absolute atomic E-state index is 0.0109. The Balaban J connectivity index is 4.84. The van der Waals surface area contributed by atoms with Crippen molar-refractivity contribution in [2.24, 2.45) is 0 Å². The molecule has 0 amide bonds. The minimum atomic E-state index is -2.12. The lowest BCUT2D eigenvalue weighted by Crippen LogP contribution is -2.51. The van der Waals surface area contributed by atoms with Crippen LogP contribution in [0.4, 0.5) is 0 Å². The molecule has 0 saturated carbocycles. The Labute approximate surface area is 190 Å². The van der Waals surface area contributed by atoms with Crippen molar-refractivity contribution in [3.8, 4) is 0 Å². The van der Waals surface area contributed by atoms with Crippen molar-refractivity contribution in [3.63, 3.8) is 0 Å². The molecule has 8 heteroatoms. The Bertz CT molecular complexity index is 475. The Morgan fingerprint density at radius 2 is 1.50 bits per heavy atom. The Hall–Kier alpha value is 0.000649. The third kappa shape index (κ3) is 11.0. The predicted molar refractivity (Wildman–Crippen MR) is 136 cm³/mol. The van der Waals surface area contributed by atoms with Gasteiger partial charge in [0.2, 0.25) is 0 Å². The molecule has 0 bridgehead atoms. The van der Waals surface area contributed by atoms with Crippen LogP contribution in [0.3, 0.4) is 0 Å². The summed E-state index contributed by atoms with van der Waals surface area (Å²) >= 11 is 0. The summed E-state index contributed by atoms with van der Waals surface area (Å²) in [5.74, 6) is -0.0109. The fourth-order valence-corrected chi connectivity index (χ4v) is 10.5. The summed E-state index contributed by atoms with van der Waals surface area (Å²) in [6, 6.07) is 4.03. The van der Waals surface area contributed by atoms with Gasteiger partial charge in [0, 0.05) is 12.7 Å². The van der Waals surface area contributed by atoms with Crippen molar-refractivity contribution in [1.82, 2.24) is 4.57 Å². The van der Waals surface area contributed by atoms with Gasteiger partial charge in [0.05, 0.1) is 6.54 Å². The quantitative estimate of drug-likeness (QED) is 0.180. The third-order valence-electron chi connectivity index (χ3n) is 6.32. The van der Waals surface area contributed by atoms with E-state index in [1.807, 2.05) is 0 Å². The molecule has 0 spiro atoms. The second-order valence-electron chi connectivity index (χ2n) is 9.67. The summed E-state index contributed by atoms with van der Waals surface area (Å²) in [6.07, 6.45) is 3.41. The van der Waals surface area contributed by atoms with Crippen LogP contribution in [0.15, 0.2) is 0 Å². The van der Waals surface area contributed by atoms with E-state index in [0.717, 1.165) is 50.0 Å². The molecule has 0 aliphatic heterocycles. The molecular weight excluding hydrogens is 427 g/mol. The van der Waals surface area contributed by atoms with Gasteiger partial charge in [0.1, 0.15) is 8.24 Å². The first-order valence-corrected chi connectivity index (χ1v) is 20.7. The number of nitrogens with zero attached hydrogens (tertiary/aromatic N) is 1. The summed E-state index contributed by atoms with van der Waals surface area (Å²) in [5.41, 5.74) is 0. The van der Waals surface area contributed by atoms with E-state index in [-0.39, 0.29) is 12.1 Å². The molecule has 2 unspecified atom stereocenters. The fraction of sp³-hybridized carbons (Fsp3) is 0.955. The lowest BCUT2D eigenvalue weighted by molar-refractivity contribution is -0.135. The standard InChI is InChI=1S/C22H51NO4Si3/c1-11-21(6)26-29(10,25-12-2)19-17-16-18-23(28(7,8)9)20-22(24)27-30(13-3,14-4)15-5/h21H,11-20H2,1-10H3. The summed E-state index contributed by atoms with van der Waals surface area (Å²) in [6.45, 7) is 24.1. The van der Waals surface area contributed by atoms with E-state index in [0.29, 0.717) is 13.2 Å². The predicted octanol–water partition coefficient (Wildman–Crippen LogP) is 6.38. The van der Waals surface area contributed by atoms with Gasteiger partial charge in [-0.3, -0.25) is 4.79 Å². The zero-order valence-electron chi connectivity index (χ0n) is 21.7. The van der Waals surface area contributed by atoms with Crippen molar-refractivity contribution in [1.29, 1.82) is 0 Å². The molecule has 0 radical (unpaired) electrons.